The van der Waals surface area contributed by atoms with Crippen molar-refractivity contribution in [2.75, 3.05) is 13.7 Å². The molecule has 0 saturated carbocycles. The summed E-state index contributed by atoms with van der Waals surface area (Å²) < 4.78 is 5.17. The van der Waals surface area contributed by atoms with Crippen LogP contribution in [0.25, 0.3) is 11.1 Å². The molecule has 1 atom stereocenters. The summed E-state index contributed by atoms with van der Waals surface area (Å²) in [5, 5.41) is 0.630. The summed E-state index contributed by atoms with van der Waals surface area (Å²) in [6, 6.07) is 14.4. The van der Waals surface area contributed by atoms with Gasteiger partial charge in [0.05, 0.1) is 12.1 Å². The van der Waals surface area contributed by atoms with Crippen LogP contribution >= 0.6 is 11.6 Å². The molecule has 0 radical (unpaired) electrons. The second-order valence-corrected chi connectivity index (χ2v) is 5.36. The first kappa shape index (κ1) is 14.9. The number of rotatable bonds is 5. The van der Waals surface area contributed by atoms with Gasteiger partial charge in [0.1, 0.15) is 5.75 Å². The van der Waals surface area contributed by atoms with Crippen LogP contribution in [0.5, 0.6) is 5.75 Å². The Morgan fingerprint density at radius 2 is 1.75 bits per heavy atom. The second-order valence-electron chi connectivity index (χ2n) is 4.95. The normalized spacial score (nSPS) is 12.2. The van der Waals surface area contributed by atoms with Crippen LogP contribution in [0.3, 0.4) is 0 Å². The van der Waals surface area contributed by atoms with Gasteiger partial charge in [0, 0.05) is 0 Å². The summed E-state index contributed by atoms with van der Waals surface area (Å²) in [6.07, 6.45) is 1.01. The fourth-order valence-corrected chi connectivity index (χ4v) is 2.52. The molecule has 0 amide bonds. The Kier molecular flexibility index (Phi) is 5.05. The lowest BCUT2D eigenvalue weighted by atomic mass is 9.95. The van der Waals surface area contributed by atoms with Gasteiger partial charge >= 0.3 is 0 Å². The molecular formula is C17H20ClNO. The Morgan fingerprint density at radius 1 is 1.10 bits per heavy atom. The average molecular weight is 290 g/mol. The Hall–Kier alpha value is -1.51. The number of methoxy groups -OCH3 is 1. The van der Waals surface area contributed by atoms with E-state index in [2.05, 4.69) is 31.2 Å². The van der Waals surface area contributed by atoms with Crippen molar-refractivity contribution >= 4 is 11.6 Å². The van der Waals surface area contributed by atoms with Crippen molar-refractivity contribution < 1.29 is 4.74 Å². The number of nitrogens with two attached hydrogens (primary N) is 1. The van der Waals surface area contributed by atoms with Crippen LogP contribution in [-0.4, -0.2) is 13.7 Å². The second kappa shape index (κ2) is 6.78. The summed E-state index contributed by atoms with van der Waals surface area (Å²) in [4.78, 5) is 0. The minimum Gasteiger partial charge on any atom is -0.495 e. The van der Waals surface area contributed by atoms with Crippen molar-refractivity contribution in [1.29, 1.82) is 0 Å². The van der Waals surface area contributed by atoms with Gasteiger partial charge in [-0.3, -0.25) is 0 Å². The van der Waals surface area contributed by atoms with Gasteiger partial charge < -0.3 is 10.5 Å². The molecular weight excluding hydrogens is 270 g/mol. The predicted octanol–water partition coefficient (Wildman–Crippen LogP) is 4.47. The summed E-state index contributed by atoms with van der Waals surface area (Å²) >= 11 is 6.16. The van der Waals surface area contributed by atoms with E-state index in [-0.39, 0.29) is 0 Å². The zero-order chi connectivity index (χ0) is 14.5. The minimum absolute atomic E-state index is 0.494. The zero-order valence-electron chi connectivity index (χ0n) is 11.9. The van der Waals surface area contributed by atoms with Gasteiger partial charge in [0.2, 0.25) is 0 Å². The summed E-state index contributed by atoms with van der Waals surface area (Å²) in [7, 11) is 1.62. The van der Waals surface area contributed by atoms with Crippen molar-refractivity contribution in [1.82, 2.24) is 0 Å². The van der Waals surface area contributed by atoms with E-state index in [4.69, 9.17) is 22.1 Å². The van der Waals surface area contributed by atoms with E-state index in [9.17, 15) is 0 Å². The third-order valence-corrected chi connectivity index (χ3v) is 3.86. The van der Waals surface area contributed by atoms with Crippen molar-refractivity contribution in [2.45, 2.75) is 19.3 Å². The lowest BCUT2D eigenvalue weighted by Gasteiger charge is -2.12. The first-order chi connectivity index (χ1) is 9.65. The SMILES string of the molecule is COc1ccc(-c2ccc(C(C)CCN)cc2)cc1Cl. The third-order valence-electron chi connectivity index (χ3n) is 3.56. The van der Waals surface area contributed by atoms with Crippen molar-refractivity contribution in [3.8, 4) is 16.9 Å². The van der Waals surface area contributed by atoms with Crippen LogP contribution in [0.15, 0.2) is 42.5 Å². The standard InChI is InChI=1S/C17H20ClNO/c1-12(9-10-19)13-3-5-14(6-4-13)15-7-8-17(20-2)16(18)11-15/h3-8,11-12H,9-10,19H2,1-2H3. The molecule has 2 N–H and O–H groups in total. The van der Waals surface area contributed by atoms with Crippen molar-refractivity contribution in [3.63, 3.8) is 0 Å². The first-order valence-corrected chi connectivity index (χ1v) is 7.17. The van der Waals surface area contributed by atoms with Gasteiger partial charge in [-0.1, -0.05) is 48.9 Å². The van der Waals surface area contributed by atoms with E-state index in [1.807, 2.05) is 18.2 Å². The lowest BCUT2D eigenvalue weighted by molar-refractivity contribution is 0.415. The molecule has 0 heterocycles. The van der Waals surface area contributed by atoms with Crippen molar-refractivity contribution in [3.05, 3.63) is 53.1 Å². The van der Waals surface area contributed by atoms with Crippen LogP contribution in [0.2, 0.25) is 5.02 Å². The Labute approximate surface area is 125 Å². The third kappa shape index (κ3) is 3.33. The van der Waals surface area contributed by atoms with Gasteiger partial charge in [-0.05, 0) is 47.7 Å². The monoisotopic (exact) mass is 289 g/mol. The topological polar surface area (TPSA) is 35.2 Å². The maximum Gasteiger partial charge on any atom is 0.137 e. The molecule has 2 aromatic rings. The Balaban J connectivity index is 2.23. The Bertz CT molecular complexity index is 566. The van der Waals surface area contributed by atoms with E-state index in [0.29, 0.717) is 16.7 Å². The summed E-state index contributed by atoms with van der Waals surface area (Å²) in [5.74, 6) is 1.19. The molecule has 2 rings (SSSR count). The zero-order valence-corrected chi connectivity index (χ0v) is 12.7. The average Bonchev–Trinajstić information content (AvgIpc) is 2.47. The number of hydrogen-bond acceptors (Lipinski definition) is 2. The van der Waals surface area contributed by atoms with Crippen LogP contribution in [0.4, 0.5) is 0 Å². The van der Waals surface area contributed by atoms with Gasteiger partial charge in [-0.2, -0.15) is 0 Å². The smallest absolute Gasteiger partial charge is 0.137 e. The number of benzene rings is 2. The van der Waals surface area contributed by atoms with Crippen LogP contribution in [0, 0.1) is 0 Å². The maximum atomic E-state index is 6.16. The summed E-state index contributed by atoms with van der Waals surface area (Å²) in [5.41, 5.74) is 9.17. The quantitative estimate of drug-likeness (QED) is 0.881. The predicted molar refractivity (Wildman–Crippen MR) is 85.5 cm³/mol. The van der Waals surface area contributed by atoms with Crippen LogP contribution in [0.1, 0.15) is 24.8 Å². The number of ether oxygens (including phenoxy) is 1. The molecule has 0 saturated heterocycles. The van der Waals surface area contributed by atoms with Gasteiger partial charge in [-0.25, -0.2) is 0 Å². The summed E-state index contributed by atoms with van der Waals surface area (Å²) in [6.45, 7) is 2.92. The molecule has 0 bridgehead atoms. The maximum absolute atomic E-state index is 6.16. The van der Waals surface area contributed by atoms with Crippen molar-refractivity contribution in [2.24, 2.45) is 5.73 Å². The molecule has 0 spiro atoms. The molecule has 20 heavy (non-hydrogen) atoms. The number of halogens is 1. The number of hydrogen-bond donors (Lipinski definition) is 1. The van der Waals surface area contributed by atoms with E-state index in [1.54, 1.807) is 7.11 Å². The van der Waals surface area contributed by atoms with E-state index >= 15 is 0 Å². The highest BCUT2D eigenvalue weighted by atomic mass is 35.5. The molecule has 0 aliphatic carbocycles. The van der Waals surface area contributed by atoms with Gasteiger partial charge in [-0.15, -0.1) is 0 Å². The molecule has 3 heteroatoms. The molecule has 2 aromatic carbocycles. The van der Waals surface area contributed by atoms with E-state index < -0.39 is 0 Å². The molecule has 1 unspecified atom stereocenters. The molecule has 0 aromatic heterocycles. The highest BCUT2D eigenvalue weighted by Crippen LogP contribution is 2.31. The lowest BCUT2D eigenvalue weighted by Crippen LogP contribution is -2.04. The molecule has 0 aliphatic heterocycles. The minimum atomic E-state index is 0.494. The van der Waals surface area contributed by atoms with E-state index in [1.165, 1.54) is 5.56 Å². The Morgan fingerprint density at radius 3 is 2.30 bits per heavy atom. The molecule has 106 valence electrons. The highest BCUT2D eigenvalue weighted by Gasteiger charge is 2.06. The van der Waals surface area contributed by atoms with Crippen LogP contribution in [-0.2, 0) is 0 Å². The van der Waals surface area contributed by atoms with Gasteiger partial charge in [0.15, 0.2) is 0 Å². The fourth-order valence-electron chi connectivity index (χ4n) is 2.27. The first-order valence-electron chi connectivity index (χ1n) is 6.79. The highest BCUT2D eigenvalue weighted by molar-refractivity contribution is 6.32. The molecule has 2 nitrogen and oxygen atoms in total. The van der Waals surface area contributed by atoms with E-state index in [0.717, 1.165) is 24.1 Å². The fraction of sp³-hybridized carbons (Fsp3) is 0.294. The van der Waals surface area contributed by atoms with Crippen LogP contribution < -0.4 is 10.5 Å². The molecule has 0 fully saturated rings. The van der Waals surface area contributed by atoms with Gasteiger partial charge in [0.25, 0.3) is 0 Å². The largest absolute Gasteiger partial charge is 0.495 e. The molecule has 0 aliphatic rings.